The van der Waals surface area contributed by atoms with Gasteiger partial charge in [-0.15, -0.1) is 5.10 Å². The highest BCUT2D eigenvalue weighted by Gasteiger charge is 2.18. The largest absolute Gasteiger partial charge is 0.421 e. The van der Waals surface area contributed by atoms with Crippen LogP contribution < -0.4 is 10.1 Å². The number of benzene rings is 2. The normalized spacial score (nSPS) is 13.0. The van der Waals surface area contributed by atoms with E-state index < -0.39 is 5.97 Å². The molecule has 1 aromatic heterocycles. The second kappa shape index (κ2) is 6.20. The van der Waals surface area contributed by atoms with E-state index in [9.17, 15) is 9.59 Å². The van der Waals surface area contributed by atoms with Gasteiger partial charge in [0.2, 0.25) is 5.91 Å². The summed E-state index contributed by atoms with van der Waals surface area (Å²) < 4.78 is 6.87. The zero-order valence-electron chi connectivity index (χ0n) is 13.2. The van der Waals surface area contributed by atoms with Gasteiger partial charge >= 0.3 is 5.97 Å². The number of carbonyl (C=O) groups is 2. The number of hydrogen-bond donors (Lipinski definition) is 1. The first-order chi connectivity index (χ1) is 12.2. The Kier molecular flexibility index (Phi) is 3.74. The Balaban J connectivity index is 1.51. The molecule has 0 radical (unpaired) electrons. The minimum Gasteiger partial charge on any atom is -0.421 e. The van der Waals surface area contributed by atoms with E-state index >= 15 is 0 Å². The van der Waals surface area contributed by atoms with Crippen molar-refractivity contribution >= 4 is 17.6 Å². The lowest BCUT2D eigenvalue weighted by molar-refractivity contribution is -0.116. The van der Waals surface area contributed by atoms with Crippen LogP contribution in [0.4, 0.5) is 5.69 Å². The van der Waals surface area contributed by atoms with E-state index in [0.717, 1.165) is 16.9 Å². The second-order valence-electron chi connectivity index (χ2n) is 5.60. The summed E-state index contributed by atoms with van der Waals surface area (Å²) in [5.74, 6) is -0.256. The summed E-state index contributed by atoms with van der Waals surface area (Å²) in [5.41, 5.74) is 2.49. The van der Waals surface area contributed by atoms with Crippen molar-refractivity contribution in [2.45, 2.75) is 12.8 Å². The molecule has 3 aromatic rings. The zero-order chi connectivity index (χ0) is 17.2. The van der Waals surface area contributed by atoms with Crippen molar-refractivity contribution in [3.05, 3.63) is 66.2 Å². The summed E-state index contributed by atoms with van der Waals surface area (Å²) >= 11 is 0. The van der Waals surface area contributed by atoms with Crippen molar-refractivity contribution in [2.24, 2.45) is 0 Å². The molecule has 4 rings (SSSR count). The number of carbonyl (C=O) groups excluding carboxylic acids is 2. The molecule has 124 valence electrons. The molecule has 1 amide bonds. The van der Waals surface area contributed by atoms with Gasteiger partial charge in [-0.1, -0.05) is 18.2 Å². The number of anilines is 1. The Hall–Kier alpha value is -3.48. The van der Waals surface area contributed by atoms with E-state index in [1.54, 1.807) is 18.2 Å². The van der Waals surface area contributed by atoms with Gasteiger partial charge in [-0.05, 0) is 42.3 Å². The number of esters is 1. The number of para-hydroxylation sites is 1. The van der Waals surface area contributed by atoms with Gasteiger partial charge in [-0.3, -0.25) is 4.79 Å². The highest BCUT2D eigenvalue weighted by molar-refractivity contribution is 5.94. The highest BCUT2D eigenvalue weighted by atomic mass is 16.5. The van der Waals surface area contributed by atoms with Crippen LogP contribution in [0.15, 0.2) is 54.9 Å². The van der Waals surface area contributed by atoms with Crippen LogP contribution in [-0.2, 0) is 11.2 Å². The molecule has 1 aliphatic heterocycles. The Morgan fingerprint density at radius 3 is 2.80 bits per heavy atom. The third kappa shape index (κ3) is 3.12. The van der Waals surface area contributed by atoms with Crippen molar-refractivity contribution < 1.29 is 14.3 Å². The summed E-state index contributed by atoms with van der Waals surface area (Å²) in [5, 5.41) is 6.93. The highest BCUT2D eigenvalue weighted by Crippen LogP contribution is 2.27. The third-order valence-corrected chi connectivity index (χ3v) is 3.88. The number of nitrogens with zero attached hydrogens (tertiary/aromatic N) is 3. The molecule has 0 fully saturated rings. The number of rotatable bonds is 3. The summed E-state index contributed by atoms with van der Waals surface area (Å²) in [6.45, 7) is 0. The van der Waals surface area contributed by atoms with Crippen LogP contribution in [0.1, 0.15) is 22.6 Å². The van der Waals surface area contributed by atoms with Gasteiger partial charge in [-0.25, -0.2) is 14.5 Å². The van der Waals surface area contributed by atoms with Crippen LogP contribution in [0.3, 0.4) is 0 Å². The summed E-state index contributed by atoms with van der Waals surface area (Å²) in [6, 6.07) is 14.5. The molecule has 0 spiro atoms. The Bertz CT molecular complexity index is 950. The lowest BCUT2D eigenvalue weighted by Gasteiger charge is -2.17. The maximum Gasteiger partial charge on any atom is 0.383 e. The van der Waals surface area contributed by atoms with Crippen molar-refractivity contribution in [3.8, 4) is 11.4 Å². The molecule has 1 N–H and O–H groups in total. The molecule has 2 aromatic carbocycles. The number of aromatic nitrogens is 3. The maximum absolute atomic E-state index is 12.2. The fraction of sp³-hybridized carbons (Fsp3) is 0.111. The van der Waals surface area contributed by atoms with Gasteiger partial charge in [0.25, 0.3) is 5.82 Å². The number of nitrogens with one attached hydrogen (secondary N) is 1. The Labute approximate surface area is 143 Å². The third-order valence-electron chi connectivity index (χ3n) is 3.88. The molecule has 0 aliphatic carbocycles. The van der Waals surface area contributed by atoms with Gasteiger partial charge in [0.05, 0.1) is 5.69 Å². The van der Waals surface area contributed by atoms with E-state index in [-0.39, 0.29) is 11.7 Å². The number of amides is 1. The standard InChI is InChI=1S/C18H14N4O3/c23-16-9-6-12-10-14(7-8-15(12)20-16)25-18(24)17-19-11-22(21-17)13-4-2-1-3-5-13/h1-5,7-8,10-11H,6,9H2,(H,20,23). The van der Waals surface area contributed by atoms with E-state index in [4.69, 9.17) is 4.74 Å². The molecular weight excluding hydrogens is 320 g/mol. The number of aryl methyl sites for hydroxylation is 1. The van der Waals surface area contributed by atoms with Gasteiger partial charge in [-0.2, -0.15) is 0 Å². The van der Waals surface area contributed by atoms with Crippen LogP contribution in [0.25, 0.3) is 5.69 Å². The predicted molar refractivity (Wildman–Crippen MR) is 89.7 cm³/mol. The summed E-state index contributed by atoms with van der Waals surface area (Å²) in [6.07, 6.45) is 2.51. The minimum atomic E-state index is -0.630. The number of hydrogen-bond acceptors (Lipinski definition) is 5. The molecule has 0 atom stereocenters. The molecule has 0 saturated carbocycles. The molecule has 25 heavy (non-hydrogen) atoms. The summed E-state index contributed by atoms with van der Waals surface area (Å²) in [4.78, 5) is 27.6. The fourth-order valence-corrected chi connectivity index (χ4v) is 2.64. The Morgan fingerprint density at radius 1 is 1.12 bits per heavy atom. The van der Waals surface area contributed by atoms with Gasteiger partial charge in [0.15, 0.2) is 0 Å². The second-order valence-corrected chi connectivity index (χ2v) is 5.60. The van der Waals surface area contributed by atoms with Crippen molar-refractivity contribution in [1.82, 2.24) is 14.8 Å². The molecule has 2 heterocycles. The first kappa shape index (κ1) is 15.1. The van der Waals surface area contributed by atoms with Crippen LogP contribution in [0.5, 0.6) is 5.75 Å². The zero-order valence-corrected chi connectivity index (χ0v) is 13.2. The van der Waals surface area contributed by atoms with Crippen molar-refractivity contribution in [1.29, 1.82) is 0 Å². The average molecular weight is 334 g/mol. The van der Waals surface area contributed by atoms with Crippen LogP contribution in [0.2, 0.25) is 0 Å². The van der Waals surface area contributed by atoms with E-state index in [0.29, 0.717) is 18.6 Å². The average Bonchev–Trinajstić information content (AvgIpc) is 3.13. The van der Waals surface area contributed by atoms with Crippen LogP contribution >= 0.6 is 0 Å². The number of ether oxygens (including phenoxy) is 1. The van der Waals surface area contributed by atoms with Gasteiger partial charge < -0.3 is 10.1 Å². The molecule has 0 saturated heterocycles. The quantitative estimate of drug-likeness (QED) is 0.587. The monoisotopic (exact) mass is 334 g/mol. The first-order valence-corrected chi connectivity index (χ1v) is 7.81. The van der Waals surface area contributed by atoms with E-state index in [1.807, 2.05) is 30.3 Å². The Morgan fingerprint density at radius 2 is 1.96 bits per heavy atom. The predicted octanol–water partition coefficient (Wildman–Crippen LogP) is 2.37. The van der Waals surface area contributed by atoms with Crippen molar-refractivity contribution in [2.75, 3.05) is 5.32 Å². The minimum absolute atomic E-state index is 0.00658. The molecule has 1 aliphatic rings. The lowest BCUT2D eigenvalue weighted by atomic mass is 10.0. The molecule has 0 bridgehead atoms. The SMILES string of the molecule is O=C1CCc2cc(OC(=O)c3ncn(-c4ccccc4)n3)ccc2N1. The van der Waals surface area contributed by atoms with Crippen molar-refractivity contribution in [3.63, 3.8) is 0 Å². The van der Waals surface area contributed by atoms with Gasteiger partial charge in [0.1, 0.15) is 12.1 Å². The smallest absolute Gasteiger partial charge is 0.383 e. The fourth-order valence-electron chi connectivity index (χ4n) is 2.64. The van der Waals surface area contributed by atoms with E-state index in [2.05, 4.69) is 15.4 Å². The topological polar surface area (TPSA) is 86.1 Å². The van der Waals surface area contributed by atoms with E-state index in [1.165, 1.54) is 11.0 Å². The molecule has 7 heteroatoms. The molecular formula is C18H14N4O3. The maximum atomic E-state index is 12.2. The number of fused-ring (bicyclic) bond motifs is 1. The first-order valence-electron chi connectivity index (χ1n) is 7.81. The van der Waals surface area contributed by atoms with Crippen LogP contribution in [-0.4, -0.2) is 26.6 Å². The lowest BCUT2D eigenvalue weighted by Crippen LogP contribution is -2.19. The molecule has 0 unspecified atom stereocenters. The van der Waals surface area contributed by atoms with Gasteiger partial charge in [0, 0.05) is 12.1 Å². The van der Waals surface area contributed by atoms with Crippen LogP contribution in [0, 0.1) is 0 Å². The molecule has 7 nitrogen and oxygen atoms in total. The summed E-state index contributed by atoms with van der Waals surface area (Å²) in [7, 11) is 0.